The average Bonchev–Trinajstić information content (AvgIpc) is 1.60. The molecule has 9 N–H and O–H groups in total. The third kappa shape index (κ3) is 37.1. The van der Waals surface area contributed by atoms with Crippen LogP contribution in [0.5, 0.6) is 0 Å². The molecule has 7 heterocycles. The van der Waals surface area contributed by atoms with E-state index in [4.69, 9.17) is 52.1 Å². The molecule has 0 bridgehead atoms. The lowest BCUT2D eigenvalue weighted by Crippen LogP contribution is -2.23. The Morgan fingerprint density at radius 1 is 0.410 bits per heavy atom. The first-order valence-corrected chi connectivity index (χ1v) is 39.4. The summed E-state index contributed by atoms with van der Waals surface area (Å²) in [4.78, 5) is 68.1. The fourth-order valence-corrected chi connectivity index (χ4v) is 12.5. The molecule has 658 valence electrons. The number of nitrogens with zero attached hydrogens (tertiary/aromatic N) is 17. The van der Waals surface area contributed by atoms with E-state index in [1.54, 1.807) is 27.4 Å². The zero-order valence-corrected chi connectivity index (χ0v) is 77.3. The van der Waals surface area contributed by atoms with Crippen molar-refractivity contribution in [2.45, 2.75) is 312 Å². The molecule has 25 nitrogen and oxygen atoms in total. The van der Waals surface area contributed by atoms with Crippen LogP contribution in [0, 0.1) is 41.5 Å². The number of aryl methyl sites for hydroxylation is 7. The normalized spacial score (nSPS) is 12.0. The monoisotopic (exact) mass is 1620 g/mol. The molecule has 0 radical (unpaired) electrons. The second-order valence-corrected chi connectivity index (χ2v) is 37.4. The lowest BCUT2D eigenvalue weighted by atomic mass is 9.86. The molecule has 8 rings (SSSR count). The molecule has 1 aliphatic carbocycles. The Morgan fingerprint density at radius 3 is 1.08 bits per heavy atom. The van der Waals surface area contributed by atoms with Gasteiger partial charge >= 0.3 is 0 Å². The molecule has 0 fully saturated rings. The van der Waals surface area contributed by atoms with E-state index in [1.807, 2.05) is 87.9 Å². The summed E-state index contributed by atoms with van der Waals surface area (Å²) in [5, 5.41) is 9.48. The van der Waals surface area contributed by atoms with Crippen molar-refractivity contribution in [3.63, 3.8) is 0 Å². The number of aliphatic hydroxyl groups is 1. The lowest BCUT2D eigenvalue weighted by molar-refractivity contribution is 0.201. The van der Waals surface area contributed by atoms with Gasteiger partial charge in [0.1, 0.15) is 17.5 Å². The number of aliphatic hydroxyl groups excluding tert-OH is 1. The number of allylic oxidation sites excluding steroid dienone is 2. The summed E-state index contributed by atoms with van der Waals surface area (Å²) in [5.41, 5.74) is 43.7. The zero-order chi connectivity index (χ0) is 87.9. The Bertz CT molecular complexity index is 4270. The van der Waals surface area contributed by atoms with Crippen molar-refractivity contribution in [1.82, 2.24) is 84.5 Å². The molecular weight excluding hydrogens is 1460 g/mol. The van der Waals surface area contributed by atoms with E-state index in [9.17, 15) is 5.11 Å². The molecule has 25 heteroatoms. The summed E-state index contributed by atoms with van der Waals surface area (Å²) in [6.45, 7) is 71.8. The predicted octanol–water partition coefficient (Wildman–Crippen LogP) is 17.5. The molecule has 7 aromatic heterocycles. The number of ether oxygens (including phenoxy) is 3. The van der Waals surface area contributed by atoms with E-state index >= 15 is 0 Å². The number of methoxy groups -OCH3 is 3. The summed E-state index contributed by atoms with van der Waals surface area (Å²) in [6.07, 6.45) is 7.93. The van der Waals surface area contributed by atoms with Gasteiger partial charge in [-0.05, 0) is 139 Å². The second kappa shape index (κ2) is 47.2. The quantitative estimate of drug-likeness (QED) is 0.0498. The summed E-state index contributed by atoms with van der Waals surface area (Å²) in [5.74, 6) is 4.94. The number of anilines is 4. The topological polar surface area (TPSA) is 342 Å². The molecule has 0 spiro atoms. The zero-order valence-electron chi connectivity index (χ0n) is 77.3. The van der Waals surface area contributed by atoms with Crippen LogP contribution in [0.3, 0.4) is 0 Å². The lowest BCUT2D eigenvalue weighted by Gasteiger charge is -2.24. The number of aromatic nitrogens is 14. The van der Waals surface area contributed by atoms with Gasteiger partial charge in [-0.1, -0.05) is 193 Å². The molecule has 0 unspecified atom stereocenters. The van der Waals surface area contributed by atoms with Crippen molar-refractivity contribution >= 4 is 29.9 Å². The van der Waals surface area contributed by atoms with E-state index in [-0.39, 0.29) is 65.9 Å². The number of nitrogen functional groups attached to an aromatic ring is 4. The van der Waals surface area contributed by atoms with Gasteiger partial charge in [0.15, 0.2) is 0 Å². The molecule has 1 aliphatic rings. The minimum atomic E-state index is -0.0838. The first kappa shape index (κ1) is 110. The molecule has 7 aromatic rings. The van der Waals surface area contributed by atoms with Crippen LogP contribution in [0.15, 0.2) is 37.3 Å². The molecule has 0 amide bonds. The summed E-state index contributed by atoms with van der Waals surface area (Å²) >= 11 is 0. The number of rotatable bonds is 18. The Labute approximate surface area is 709 Å². The van der Waals surface area contributed by atoms with E-state index in [0.29, 0.717) is 56.4 Å². The van der Waals surface area contributed by atoms with Crippen LogP contribution in [0.2, 0.25) is 0 Å². The van der Waals surface area contributed by atoms with Crippen LogP contribution < -0.4 is 22.9 Å². The average molecular weight is 1630 g/mol. The van der Waals surface area contributed by atoms with Gasteiger partial charge in [-0.3, -0.25) is 0 Å². The van der Waals surface area contributed by atoms with Crippen molar-refractivity contribution in [2.24, 2.45) is 0 Å². The third-order valence-electron chi connectivity index (χ3n) is 17.8. The summed E-state index contributed by atoms with van der Waals surface area (Å²) in [7, 11) is 17.2. The Hall–Kier alpha value is -8.62. The van der Waals surface area contributed by atoms with E-state index in [2.05, 4.69) is 237 Å². The van der Waals surface area contributed by atoms with E-state index in [1.165, 1.54) is 23.2 Å². The Kier molecular flexibility index (Phi) is 44.6. The molecule has 0 saturated heterocycles. The van der Waals surface area contributed by atoms with Crippen LogP contribution in [-0.4, -0.2) is 166 Å². The van der Waals surface area contributed by atoms with Gasteiger partial charge in [-0.2, -0.15) is 0 Å². The van der Waals surface area contributed by atoms with Gasteiger partial charge in [0.2, 0.25) is 23.8 Å². The number of nitrogens with two attached hydrogens (primary N) is 4. The van der Waals surface area contributed by atoms with Gasteiger partial charge in [0.05, 0.1) is 97.0 Å². The second-order valence-electron chi connectivity index (χ2n) is 37.4. The molecular formula is C92H161N21O4. The van der Waals surface area contributed by atoms with E-state index in [0.717, 1.165) is 158 Å². The van der Waals surface area contributed by atoms with Crippen LogP contribution in [-0.2, 0) is 110 Å². The fourth-order valence-electron chi connectivity index (χ4n) is 12.5. The molecule has 0 aromatic carbocycles. The number of hydrogen-bond acceptors (Lipinski definition) is 25. The standard InChI is InChI=1S/C16H27N3O.C15H25N3O.C15H27N3O.C12H21N3O.2C11H17N3.C9H15N3.3CH4/c1-11(20-8)9-13-12(2)17-14(10-19(6)7)18-15(13)16(3,4)5;1-10(19)8-12-11(2)16-13(9-18(6)7)17-14(12)15(3,4)5;1-11-12(8-9-19-7)14(15(2,3)4)17-13(16-11)10-18(5)6;1-8-9(6-7-16-5)10(12(2,3)4)15-11(13)14-8;1-11(2,3)9-7-5-4-6-8(7)13-10(12)14-9;1-6-8-7(2)13-10(12)14-9(8)11(3,4)5;1-6-5-7(9(2,3)4)12-8(10)11-6;;;/h1,9-10H2,2-8H3;19H,1,8-9H2,2-7H3;8-10H2,1-7H3;6-7H2,1-5H3,(H2,13,14,15);4-6H2,1-3H3,(H2,12,13,14);6H,1H2,2-5H3,(H2,12,13,14);5H,1-4H3,(H2,10,11,12);3*1H4. The molecule has 0 atom stereocenters. The highest BCUT2D eigenvalue weighted by molar-refractivity contribution is 5.55. The predicted molar refractivity (Wildman–Crippen MR) is 492 cm³/mol. The molecule has 117 heavy (non-hydrogen) atoms. The third-order valence-corrected chi connectivity index (χ3v) is 17.8. The number of hydrogen-bond donors (Lipinski definition) is 5. The van der Waals surface area contributed by atoms with Crippen molar-refractivity contribution in [2.75, 3.05) is 99.8 Å². The maximum absolute atomic E-state index is 9.48. The molecule has 0 aliphatic heterocycles. The Morgan fingerprint density at radius 2 is 0.735 bits per heavy atom. The van der Waals surface area contributed by atoms with Gasteiger partial charge in [-0.25, -0.2) is 69.8 Å². The summed E-state index contributed by atoms with van der Waals surface area (Å²) < 4.78 is 15.5. The highest BCUT2D eigenvalue weighted by Gasteiger charge is 2.30. The first-order chi connectivity index (χ1) is 52.1. The van der Waals surface area contributed by atoms with Gasteiger partial charge in [0, 0.05) is 116 Å². The van der Waals surface area contributed by atoms with Crippen molar-refractivity contribution < 1.29 is 19.3 Å². The maximum Gasteiger partial charge on any atom is 0.220 e. The number of fused-ring (bicyclic) bond motifs is 1. The van der Waals surface area contributed by atoms with Gasteiger partial charge < -0.3 is 57.0 Å². The SMILES string of the molecule is C.C.C.C=C(Cc1c(C)nc(CN(C)C)nc1C(C)(C)C)OC.C=C(O)Cc1c(C)nc(CN(C)C)nc1C(C)(C)C.C=Cc1c(C)nc(N)nc1C(C)(C)C.CC(C)(C)c1nc(N)nc2c1CCC2.COCCc1c(C)nc(CN(C)C)nc1C(C)(C)C.COCCc1c(C)nc(N)nc1C(C)(C)C.Cc1cc(C(C)(C)C)nc(N)n1. The van der Waals surface area contributed by atoms with Crippen LogP contribution in [0.1, 0.15) is 305 Å². The molecule has 0 saturated carbocycles. The van der Waals surface area contributed by atoms with E-state index < -0.39 is 0 Å². The van der Waals surface area contributed by atoms with Crippen LogP contribution in [0.4, 0.5) is 23.8 Å². The largest absolute Gasteiger partial charge is 0.513 e. The van der Waals surface area contributed by atoms with Crippen molar-refractivity contribution in [1.29, 1.82) is 0 Å². The first-order valence-electron chi connectivity index (χ1n) is 39.4. The fraction of sp³-hybridized carbons (Fsp3) is 0.630. The summed E-state index contributed by atoms with van der Waals surface area (Å²) in [6, 6.07) is 1.97. The highest BCUT2D eigenvalue weighted by Crippen LogP contribution is 2.34. The maximum atomic E-state index is 9.48. The minimum Gasteiger partial charge on any atom is -0.513 e. The van der Waals surface area contributed by atoms with Crippen LogP contribution in [0.25, 0.3) is 6.08 Å². The smallest absolute Gasteiger partial charge is 0.220 e. The van der Waals surface area contributed by atoms with Crippen molar-refractivity contribution in [3.8, 4) is 0 Å². The van der Waals surface area contributed by atoms with Crippen molar-refractivity contribution in [3.05, 3.63) is 168 Å². The van der Waals surface area contributed by atoms with Crippen LogP contribution >= 0.6 is 0 Å². The highest BCUT2D eigenvalue weighted by atomic mass is 16.5. The van der Waals surface area contributed by atoms with Gasteiger partial charge in [-0.15, -0.1) is 0 Å². The minimum absolute atomic E-state index is 0. The van der Waals surface area contributed by atoms with Gasteiger partial charge in [0.25, 0.3) is 0 Å². The Balaban J connectivity index is 0.